The maximum absolute atomic E-state index is 13.1. The molecule has 2 aromatic carbocycles. The second kappa shape index (κ2) is 8.54. The van der Waals surface area contributed by atoms with Crippen LogP contribution in [-0.4, -0.2) is 15.0 Å². The Morgan fingerprint density at radius 1 is 0.923 bits per heavy atom. The molecule has 0 saturated heterocycles. The van der Waals surface area contributed by atoms with Crippen LogP contribution >= 0.6 is 12.2 Å². The molecule has 3 nitrogen and oxygen atoms in total. The molecular weight excluding hydrogens is 345 g/mol. The highest BCUT2D eigenvalue weighted by Gasteiger charge is 2.12. The zero-order valence-electron chi connectivity index (χ0n) is 14.5. The molecule has 0 amide bonds. The van der Waals surface area contributed by atoms with Crippen molar-refractivity contribution in [2.75, 3.05) is 5.32 Å². The molecule has 3 aromatic rings. The second-order valence-corrected chi connectivity index (χ2v) is 6.52. The number of rotatable bonds is 5. The van der Waals surface area contributed by atoms with E-state index in [9.17, 15) is 4.39 Å². The lowest BCUT2D eigenvalue weighted by Crippen LogP contribution is -2.33. The van der Waals surface area contributed by atoms with Gasteiger partial charge in [0.05, 0.1) is 0 Å². The number of thiocarbonyl (C=S) groups is 1. The van der Waals surface area contributed by atoms with Crippen LogP contribution in [0.1, 0.15) is 16.7 Å². The number of benzene rings is 2. The minimum atomic E-state index is -0.269. The fourth-order valence-electron chi connectivity index (χ4n) is 2.56. The molecule has 0 saturated carbocycles. The summed E-state index contributed by atoms with van der Waals surface area (Å²) in [7, 11) is 0. The Bertz CT molecular complexity index is 849. The van der Waals surface area contributed by atoms with Crippen LogP contribution in [0.25, 0.3) is 0 Å². The van der Waals surface area contributed by atoms with Crippen molar-refractivity contribution in [1.82, 2.24) is 9.88 Å². The lowest BCUT2D eigenvalue weighted by molar-refractivity contribution is 0.412. The first-order chi connectivity index (χ1) is 12.6. The number of nitrogens with zero attached hydrogens (tertiary/aromatic N) is 2. The third-order valence-electron chi connectivity index (χ3n) is 4.00. The molecule has 0 atom stereocenters. The van der Waals surface area contributed by atoms with Gasteiger partial charge in [-0.2, -0.15) is 0 Å². The minimum Gasteiger partial charge on any atom is -0.340 e. The number of halogens is 1. The first-order valence-electron chi connectivity index (χ1n) is 8.36. The Kier molecular flexibility index (Phi) is 5.92. The summed E-state index contributed by atoms with van der Waals surface area (Å²) in [5.41, 5.74) is 4.28. The molecule has 1 heterocycles. The SMILES string of the molecule is Cc1ccc(CN(Cc2ccncc2)C(=S)Nc2ccc(F)cc2)cc1. The number of aromatic nitrogens is 1. The summed E-state index contributed by atoms with van der Waals surface area (Å²) < 4.78 is 13.1. The van der Waals surface area contributed by atoms with Crippen LogP contribution in [0, 0.1) is 12.7 Å². The second-order valence-electron chi connectivity index (χ2n) is 6.13. The topological polar surface area (TPSA) is 28.2 Å². The van der Waals surface area contributed by atoms with E-state index in [2.05, 4.69) is 46.4 Å². The Morgan fingerprint density at radius 3 is 2.12 bits per heavy atom. The molecule has 5 heteroatoms. The number of hydrogen-bond donors (Lipinski definition) is 1. The van der Waals surface area contributed by atoms with Crippen LogP contribution in [0.4, 0.5) is 10.1 Å². The molecule has 0 aliphatic carbocycles. The van der Waals surface area contributed by atoms with E-state index in [1.165, 1.54) is 23.3 Å². The van der Waals surface area contributed by atoms with Crippen molar-refractivity contribution >= 4 is 23.0 Å². The quantitative estimate of drug-likeness (QED) is 0.649. The standard InChI is InChI=1S/C21H20FN3S/c1-16-2-4-17(5-3-16)14-25(15-18-10-12-23-13-11-18)21(26)24-20-8-6-19(22)7-9-20/h2-13H,14-15H2,1H3,(H,24,26). The summed E-state index contributed by atoms with van der Waals surface area (Å²) in [6.07, 6.45) is 3.55. The molecule has 0 bridgehead atoms. The van der Waals surface area contributed by atoms with Crippen molar-refractivity contribution in [2.24, 2.45) is 0 Å². The van der Waals surface area contributed by atoms with E-state index in [-0.39, 0.29) is 5.82 Å². The number of hydrogen-bond acceptors (Lipinski definition) is 2. The van der Waals surface area contributed by atoms with Crippen LogP contribution in [0.2, 0.25) is 0 Å². The monoisotopic (exact) mass is 365 g/mol. The van der Waals surface area contributed by atoms with E-state index in [1.807, 2.05) is 12.1 Å². The number of anilines is 1. The molecule has 1 N–H and O–H groups in total. The molecule has 0 spiro atoms. The molecule has 0 aliphatic rings. The molecular formula is C21H20FN3S. The number of pyridine rings is 1. The fraction of sp³-hybridized carbons (Fsp3) is 0.143. The van der Waals surface area contributed by atoms with Crippen LogP contribution in [0.3, 0.4) is 0 Å². The van der Waals surface area contributed by atoms with Crippen molar-refractivity contribution in [3.63, 3.8) is 0 Å². The Labute approximate surface area is 158 Å². The van der Waals surface area contributed by atoms with Gasteiger partial charge in [-0.3, -0.25) is 4.98 Å². The van der Waals surface area contributed by atoms with Gasteiger partial charge in [-0.15, -0.1) is 0 Å². The molecule has 1 aromatic heterocycles. The highest BCUT2D eigenvalue weighted by molar-refractivity contribution is 7.80. The largest absolute Gasteiger partial charge is 0.340 e. The maximum atomic E-state index is 13.1. The summed E-state index contributed by atoms with van der Waals surface area (Å²) in [6.45, 7) is 3.40. The van der Waals surface area contributed by atoms with Crippen molar-refractivity contribution in [1.29, 1.82) is 0 Å². The Balaban J connectivity index is 1.77. The van der Waals surface area contributed by atoms with Gasteiger partial charge in [-0.25, -0.2) is 4.39 Å². The van der Waals surface area contributed by atoms with Gasteiger partial charge in [0.1, 0.15) is 5.82 Å². The Hall–Kier alpha value is -2.79. The van der Waals surface area contributed by atoms with E-state index >= 15 is 0 Å². The summed E-state index contributed by atoms with van der Waals surface area (Å²) in [4.78, 5) is 6.15. The predicted octanol–water partition coefficient (Wildman–Crippen LogP) is 4.93. The van der Waals surface area contributed by atoms with Crippen molar-refractivity contribution < 1.29 is 4.39 Å². The van der Waals surface area contributed by atoms with Gasteiger partial charge in [-0.05, 0) is 66.7 Å². The zero-order chi connectivity index (χ0) is 18.4. The summed E-state index contributed by atoms with van der Waals surface area (Å²) in [6, 6.07) is 18.5. The number of nitrogens with one attached hydrogen (secondary N) is 1. The van der Waals surface area contributed by atoms with Crippen molar-refractivity contribution in [3.05, 3.63) is 95.6 Å². The van der Waals surface area contributed by atoms with Crippen molar-refractivity contribution in [3.8, 4) is 0 Å². The smallest absolute Gasteiger partial charge is 0.174 e. The lowest BCUT2D eigenvalue weighted by atomic mass is 10.1. The highest BCUT2D eigenvalue weighted by atomic mass is 32.1. The van der Waals surface area contributed by atoms with Crippen LogP contribution < -0.4 is 5.32 Å². The van der Waals surface area contributed by atoms with Gasteiger partial charge in [0.2, 0.25) is 0 Å². The number of aryl methyl sites for hydroxylation is 1. The molecule has 0 aliphatic heterocycles. The molecule has 132 valence electrons. The molecule has 0 fully saturated rings. The highest BCUT2D eigenvalue weighted by Crippen LogP contribution is 2.15. The molecule has 3 rings (SSSR count). The fourth-order valence-corrected chi connectivity index (χ4v) is 2.80. The Morgan fingerprint density at radius 2 is 1.50 bits per heavy atom. The lowest BCUT2D eigenvalue weighted by Gasteiger charge is -2.26. The van der Waals surface area contributed by atoms with E-state index in [1.54, 1.807) is 24.5 Å². The summed E-state index contributed by atoms with van der Waals surface area (Å²) in [5, 5.41) is 3.79. The average molecular weight is 365 g/mol. The summed E-state index contributed by atoms with van der Waals surface area (Å²) in [5.74, 6) is -0.269. The van der Waals surface area contributed by atoms with E-state index < -0.39 is 0 Å². The van der Waals surface area contributed by atoms with Gasteiger partial charge in [0.15, 0.2) is 5.11 Å². The van der Waals surface area contributed by atoms with Gasteiger partial charge < -0.3 is 10.2 Å². The third-order valence-corrected chi connectivity index (χ3v) is 4.36. The molecule has 0 unspecified atom stereocenters. The molecule has 0 radical (unpaired) electrons. The average Bonchev–Trinajstić information content (AvgIpc) is 2.65. The van der Waals surface area contributed by atoms with Gasteiger partial charge in [0.25, 0.3) is 0 Å². The zero-order valence-corrected chi connectivity index (χ0v) is 15.3. The van der Waals surface area contributed by atoms with Crippen LogP contribution in [0.5, 0.6) is 0 Å². The first-order valence-corrected chi connectivity index (χ1v) is 8.77. The normalized spacial score (nSPS) is 10.4. The first kappa shape index (κ1) is 18.0. The minimum absolute atomic E-state index is 0.269. The predicted molar refractivity (Wildman–Crippen MR) is 107 cm³/mol. The van der Waals surface area contributed by atoms with Gasteiger partial charge in [-0.1, -0.05) is 29.8 Å². The summed E-state index contributed by atoms with van der Waals surface area (Å²) >= 11 is 5.62. The van der Waals surface area contributed by atoms with E-state index in [4.69, 9.17) is 12.2 Å². The van der Waals surface area contributed by atoms with E-state index in [0.29, 0.717) is 18.2 Å². The van der Waals surface area contributed by atoms with Crippen molar-refractivity contribution in [2.45, 2.75) is 20.0 Å². The third kappa shape index (κ3) is 5.10. The van der Waals surface area contributed by atoms with Gasteiger partial charge in [0, 0.05) is 31.2 Å². The maximum Gasteiger partial charge on any atom is 0.174 e. The van der Waals surface area contributed by atoms with Gasteiger partial charge >= 0.3 is 0 Å². The van der Waals surface area contributed by atoms with E-state index in [0.717, 1.165) is 11.3 Å². The van der Waals surface area contributed by atoms with Crippen LogP contribution in [0.15, 0.2) is 73.1 Å². The molecule has 26 heavy (non-hydrogen) atoms. The van der Waals surface area contributed by atoms with Crippen LogP contribution in [-0.2, 0) is 13.1 Å².